The number of hydrogen-bond donors (Lipinski definition) is 0. The third-order valence-corrected chi connectivity index (χ3v) is 6.45. The highest BCUT2D eigenvalue weighted by molar-refractivity contribution is 8.06. The van der Waals surface area contributed by atoms with Gasteiger partial charge in [0.1, 0.15) is 0 Å². The van der Waals surface area contributed by atoms with E-state index < -0.39 is 15.0 Å². The standard InChI is InChI=1S/C13H22O3S/c14-13(11-7-3-1-4-8-11)17(15,16)12-9-5-2-6-10-12/h11-12H,1-10H2. The van der Waals surface area contributed by atoms with Gasteiger partial charge in [-0.25, -0.2) is 8.42 Å². The molecule has 0 aliphatic heterocycles. The van der Waals surface area contributed by atoms with Gasteiger partial charge in [-0.15, -0.1) is 0 Å². The molecule has 0 spiro atoms. The van der Waals surface area contributed by atoms with E-state index in [0.29, 0.717) is 12.8 Å². The molecule has 0 saturated heterocycles. The molecule has 98 valence electrons. The van der Waals surface area contributed by atoms with Crippen LogP contribution in [0.15, 0.2) is 0 Å². The van der Waals surface area contributed by atoms with E-state index in [1.54, 1.807) is 0 Å². The van der Waals surface area contributed by atoms with E-state index in [0.717, 1.165) is 51.4 Å². The largest absolute Gasteiger partial charge is 0.281 e. The van der Waals surface area contributed by atoms with Crippen molar-refractivity contribution in [2.45, 2.75) is 69.5 Å². The Labute approximate surface area is 104 Å². The van der Waals surface area contributed by atoms with Gasteiger partial charge in [0, 0.05) is 5.92 Å². The first kappa shape index (κ1) is 13.1. The minimum atomic E-state index is -3.50. The monoisotopic (exact) mass is 258 g/mol. The van der Waals surface area contributed by atoms with Crippen molar-refractivity contribution in [2.75, 3.05) is 0 Å². The van der Waals surface area contributed by atoms with Crippen LogP contribution < -0.4 is 0 Å². The summed E-state index contributed by atoms with van der Waals surface area (Å²) >= 11 is 0. The van der Waals surface area contributed by atoms with E-state index in [-0.39, 0.29) is 11.2 Å². The maximum absolute atomic E-state index is 12.2. The first-order valence-electron chi connectivity index (χ1n) is 6.90. The molecule has 0 heterocycles. The minimum Gasteiger partial charge on any atom is -0.281 e. The third kappa shape index (κ3) is 2.90. The van der Waals surface area contributed by atoms with Crippen molar-refractivity contribution in [2.24, 2.45) is 5.92 Å². The lowest BCUT2D eigenvalue weighted by Gasteiger charge is -2.25. The van der Waals surface area contributed by atoms with Gasteiger partial charge in [0.05, 0.1) is 5.25 Å². The number of carbonyl (C=O) groups excluding carboxylic acids is 1. The van der Waals surface area contributed by atoms with Crippen LogP contribution in [0.5, 0.6) is 0 Å². The van der Waals surface area contributed by atoms with Crippen LogP contribution in [0.3, 0.4) is 0 Å². The Bertz CT molecular complexity index is 360. The molecule has 2 aliphatic rings. The Morgan fingerprint density at radius 2 is 1.24 bits per heavy atom. The Balaban J connectivity index is 2.05. The zero-order valence-electron chi connectivity index (χ0n) is 10.4. The van der Waals surface area contributed by atoms with E-state index in [1.165, 1.54) is 0 Å². The van der Waals surface area contributed by atoms with Crippen molar-refractivity contribution in [3.63, 3.8) is 0 Å². The minimum absolute atomic E-state index is 0.198. The van der Waals surface area contributed by atoms with Gasteiger partial charge in [-0.2, -0.15) is 0 Å². The molecule has 0 atom stereocenters. The summed E-state index contributed by atoms with van der Waals surface area (Å²) in [7, 11) is -3.50. The van der Waals surface area contributed by atoms with Crippen molar-refractivity contribution < 1.29 is 13.2 Å². The summed E-state index contributed by atoms with van der Waals surface area (Å²) in [5.41, 5.74) is 0. The van der Waals surface area contributed by atoms with Crippen molar-refractivity contribution >= 4 is 15.0 Å². The normalized spacial score (nSPS) is 24.7. The predicted molar refractivity (Wildman–Crippen MR) is 67.4 cm³/mol. The summed E-state index contributed by atoms with van der Waals surface area (Å²) in [6.07, 6.45) is 9.16. The lowest BCUT2D eigenvalue weighted by molar-refractivity contribution is -0.116. The second-order valence-electron chi connectivity index (χ2n) is 5.46. The molecule has 3 nitrogen and oxygen atoms in total. The Morgan fingerprint density at radius 3 is 1.76 bits per heavy atom. The number of rotatable bonds is 2. The highest BCUT2D eigenvalue weighted by Gasteiger charge is 2.38. The fourth-order valence-corrected chi connectivity index (χ4v) is 5.09. The van der Waals surface area contributed by atoms with Crippen molar-refractivity contribution in [3.05, 3.63) is 0 Å². The van der Waals surface area contributed by atoms with Crippen LogP contribution in [0.4, 0.5) is 0 Å². The molecule has 2 fully saturated rings. The number of sulfone groups is 1. The highest BCUT2D eigenvalue weighted by Crippen LogP contribution is 2.31. The molecular weight excluding hydrogens is 236 g/mol. The molecule has 2 aliphatic carbocycles. The van der Waals surface area contributed by atoms with Crippen LogP contribution in [0.1, 0.15) is 64.2 Å². The van der Waals surface area contributed by atoms with Gasteiger partial charge in [0.15, 0.2) is 0 Å². The molecule has 0 radical (unpaired) electrons. The van der Waals surface area contributed by atoms with Crippen LogP contribution in [0, 0.1) is 5.92 Å². The summed E-state index contributed by atoms with van der Waals surface area (Å²) in [4.78, 5) is 12.1. The second kappa shape index (κ2) is 5.51. The summed E-state index contributed by atoms with van der Waals surface area (Å²) in [6.45, 7) is 0. The third-order valence-electron chi connectivity index (χ3n) is 4.21. The number of carbonyl (C=O) groups is 1. The van der Waals surface area contributed by atoms with E-state index in [9.17, 15) is 13.2 Å². The molecule has 2 rings (SSSR count). The van der Waals surface area contributed by atoms with Gasteiger partial charge in [-0.3, -0.25) is 4.79 Å². The molecule has 17 heavy (non-hydrogen) atoms. The average molecular weight is 258 g/mol. The van der Waals surface area contributed by atoms with Crippen LogP contribution in [-0.4, -0.2) is 18.8 Å². The number of hydrogen-bond acceptors (Lipinski definition) is 3. The molecule has 2 saturated carbocycles. The van der Waals surface area contributed by atoms with Crippen molar-refractivity contribution in [1.82, 2.24) is 0 Å². The zero-order valence-corrected chi connectivity index (χ0v) is 11.2. The quantitative estimate of drug-likeness (QED) is 0.765. The topological polar surface area (TPSA) is 51.2 Å². The van der Waals surface area contributed by atoms with Crippen LogP contribution in [0.2, 0.25) is 0 Å². The molecule has 0 amide bonds. The van der Waals surface area contributed by atoms with Gasteiger partial charge >= 0.3 is 0 Å². The van der Waals surface area contributed by atoms with E-state index in [2.05, 4.69) is 0 Å². The molecule has 0 N–H and O–H groups in total. The second-order valence-corrected chi connectivity index (χ2v) is 7.62. The van der Waals surface area contributed by atoms with E-state index in [1.807, 2.05) is 0 Å². The lowest BCUT2D eigenvalue weighted by atomic mass is 9.90. The van der Waals surface area contributed by atoms with Crippen LogP contribution >= 0.6 is 0 Å². The SMILES string of the molecule is O=C(C1CCCCC1)S(=O)(=O)C1CCCCC1. The van der Waals surface area contributed by atoms with E-state index in [4.69, 9.17) is 0 Å². The first-order chi connectivity index (χ1) is 8.12. The summed E-state index contributed by atoms with van der Waals surface area (Å²) < 4.78 is 24.5. The fourth-order valence-electron chi connectivity index (χ4n) is 3.11. The maximum atomic E-state index is 12.2. The van der Waals surface area contributed by atoms with Gasteiger partial charge in [-0.05, 0) is 25.7 Å². The van der Waals surface area contributed by atoms with Gasteiger partial charge in [0.2, 0.25) is 15.0 Å². The molecule has 0 aromatic heterocycles. The predicted octanol–water partition coefficient (Wildman–Crippen LogP) is 2.84. The Morgan fingerprint density at radius 1 is 0.765 bits per heavy atom. The average Bonchev–Trinajstić information content (AvgIpc) is 2.40. The maximum Gasteiger partial charge on any atom is 0.249 e. The van der Waals surface area contributed by atoms with Gasteiger partial charge in [0.25, 0.3) is 0 Å². The Kier molecular flexibility index (Phi) is 4.23. The van der Waals surface area contributed by atoms with Crippen LogP contribution in [-0.2, 0) is 14.6 Å². The molecule has 0 aromatic rings. The summed E-state index contributed by atoms with van der Waals surface area (Å²) in [5, 5.41) is -0.810. The molecule has 0 aromatic carbocycles. The van der Waals surface area contributed by atoms with Gasteiger partial charge in [-0.1, -0.05) is 38.5 Å². The zero-order chi connectivity index (χ0) is 12.3. The van der Waals surface area contributed by atoms with Gasteiger partial charge < -0.3 is 0 Å². The van der Waals surface area contributed by atoms with Crippen LogP contribution in [0.25, 0.3) is 0 Å². The van der Waals surface area contributed by atoms with E-state index >= 15 is 0 Å². The highest BCUT2D eigenvalue weighted by atomic mass is 32.2. The molecule has 0 bridgehead atoms. The van der Waals surface area contributed by atoms with Crippen molar-refractivity contribution in [1.29, 1.82) is 0 Å². The summed E-state index contributed by atoms with van der Waals surface area (Å²) in [5.74, 6) is -0.198. The molecular formula is C13H22O3S. The molecule has 0 unspecified atom stereocenters. The van der Waals surface area contributed by atoms with Crippen molar-refractivity contribution in [3.8, 4) is 0 Å². The smallest absolute Gasteiger partial charge is 0.249 e. The first-order valence-corrected chi connectivity index (χ1v) is 8.45. The summed E-state index contributed by atoms with van der Waals surface area (Å²) in [6, 6.07) is 0. The lowest BCUT2D eigenvalue weighted by Crippen LogP contribution is -2.35. The Hall–Kier alpha value is -0.380. The molecule has 4 heteroatoms. The fraction of sp³-hybridized carbons (Fsp3) is 0.923.